The molecule has 1 saturated carbocycles. The lowest BCUT2D eigenvalue weighted by molar-refractivity contribution is 0.158. The van der Waals surface area contributed by atoms with Gasteiger partial charge in [-0.25, -0.2) is 0 Å². The van der Waals surface area contributed by atoms with E-state index in [0.717, 1.165) is 6.42 Å². The van der Waals surface area contributed by atoms with Gasteiger partial charge in [-0.05, 0) is 36.2 Å². The molecule has 0 amide bonds. The predicted octanol–water partition coefficient (Wildman–Crippen LogP) is 2.01. The van der Waals surface area contributed by atoms with Crippen molar-refractivity contribution in [1.82, 2.24) is 0 Å². The van der Waals surface area contributed by atoms with Gasteiger partial charge in [-0.2, -0.15) is 11.8 Å². The van der Waals surface area contributed by atoms with Crippen LogP contribution in [0.1, 0.15) is 39.5 Å². The van der Waals surface area contributed by atoms with Crippen LogP contribution in [0.2, 0.25) is 0 Å². The Kier molecular flexibility index (Phi) is 4.74. The van der Waals surface area contributed by atoms with Crippen LogP contribution in [0.4, 0.5) is 0 Å². The van der Waals surface area contributed by atoms with E-state index in [1.807, 2.05) is 11.8 Å². The predicted molar refractivity (Wildman–Crippen MR) is 63.6 cm³/mol. The summed E-state index contributed by atoms with van der Waals surface area (Å²) in [5, 5.41) is 9.98. The summed E-state index contributed by atoms with van der Waals surface area (Å²) in [6.45, 7) is 4.60. The summed E-state index contributed by atoms with van der Waals surface area (Å²) in [4.78, 5) is 0. The molecule has 2 unspecified atom stereocenters. The van der Waals surface area contributed by atoms with E-state index in [1.54, 1.807) is 0 Å². The molecule has 3 heteroatoms. The van der Waals surface area contributed by atoms with E-state index in [4.69, 9.17) is 5.73 Å². The molecule has 0 spiro atoms. The summed E-state index contributed by atoms with van der Waals surface area (Å²) in [5.74, 6) is 1.72. The quantitative estimate of drug-likeness (QED) is 0.740. The first-order valence-electron chi connectivity index (χ1n) is 5.60. The molecule has 1 aliphatic carbocycles. The van der Waals surface area contributed by atoms with Crippen LogP contribution < -0.4 is 5.73 Å². The Morgan fingerprint density at radius 3 is 2.86 bits per heavy atom. The second-order valence-corrected chi connectivity index (χ2v) is 6.37. The van der Waals surface area contributed by atoms with E-state index in [1.165, 1.54) is 25.0 Å². The molecule has 84 valence electrons. The molecular weight excluding hydrogens is 194 g/mol. The van der Waals surface area contributed by atoms with Gasteiger partial charge >= 0.3 is 0 Å². The van der Waals surface area contributed by atoms with E-state index >= 15 is 0 Å². The van der Waals surface area contributed by atoms with Crippen molar-refractivity contribution < 1.29 is 5.11 Å². The summed E-state index contributed by atoms with van der Waals surface area (Å²) in [6.07, 6.45) is 4.56. The third-order valence-corrected chi connectivity index (χ3v) is 4.36. The van der Waals surface area contributed by atoms with Gasteiger partial charge in [0, 0.05) is 5.54 Å². The third kappa shape index (κ3) is 3.14. The fourth-order valence-corrected chi connectivity index (χ4v) is 3.15. The van der Waals surface area contributed by atoms with E-state index in [2.05, 4.69) is 13.8 Å². The highest BCUT2D eigenvalue weighted by atomic mass is 32.2. The van der Waals surface area contributed by atoms with Gasteiger partial charge in [0.05, 0.1) is 6.61 Å². The minimum absolute atomic E-state index is 0.157. The molecule has 0 saturated heterocycles. The number of hydrogen-bond acceptors (Lipinski definition) is 3. The maximum Gasteiger partial charge on any atom is 0.0613 e. The van der Waals surface area contributed by atoms with Crippen molar-refractivity contribution in [2.75, 3.05) is 12.4 Å². The van der Waals surface area contributed by atoms with Crippen molar-refractivity contribution in [3.05, 3.63) is 0 Å². The van der Waals surface area contributed by atoms with Crippen molar-refractivity contribution in [3.8, 4) is 0 Å². The monoisotopic (exact) mass is 217 g/mol. The highest BCUT2D eigenvalue weighted by Gasteiger charge is 2.38. The van der Waals surface area contributed by atoms with Crippen molar-refractivity contribution >= 4 is 11.8 Å². The normalized spacial score (nSPS) is 32.8. The molecule has 3 N–H and O–H groups in total. The topological polar surface area (TPSA) is 46.2 Å². The van der Waals surface area contributed by atoms with Crippen LogP contribution in [0.3, 0.4) is 0 Å². The van der Waals surface area contributed by atoms with Crippen LogP contribution >= 0.6 is 11.8 Å². The molecule has 0 aromatic rings. The Labute approximate surface area is 91.6 Å². The molecule has 2 nitrogen and oxygen atoms in total. The molecule has 1 fully saturated rings. The highest BCUT2D eigenvalue weighted by Crippen LogP contribution is 2.36. The summed E-state index contributed by atoms with van der Waals surface area (Å²) < 4.78 is 0. The summed E-state index contributed by atoms with van der Waals surface area (Å²) in [6, 6.07) is 0. The average molecular weight is 217 g/mol. The van der Waals surface area contributed by atoms with Crippen LogP contribution in [-0.4, -0.2) is 28.3 Å². The Morgan fingerprint density at radius 2 is 2.29 bits per heavy atom. The fraction of sp³-hybridized carbons (Fsp3) is 1.00. The van der Waals surface area contributed by atoms with Gasteiger partial charge < -0.3 is 10.8 Å². The first-order chi connectivity index (χ1) is 6.58. The molecule has 0 radical (unpaired) electrons. The largest absolute Gasteiger partial charge is 0.394 e. The van der Waals surface area contributed by atoms with Gasteiger partial charge in [0.25, 0.3) is 0 Å². The van der Waals surface area contributed by atoms with Crippen LogP contribution in [0.5, 0.6) is 0 Å². The first kappa shape index (κ1) is 12.3. The number of aliphatic hydroxyl groups excluding tert-OH is 1. The lowest BCUT2D eigenvalue weighted by atomic mass is 9.87. The van der Waals surface area contributed by atoms with E-state index < -0.39 is 0 Å². The Bertz CT molecular complexity index is 175. The molecule has 1 aliphatic rings. The lowest BCUT2D eigenvalue weighted by Crippen LogP contribution is -2.47. The molecule has 0 aromatic heterocycles. The van der Waals surface area contributed by atoms with Crippen LogP contribution in [0.25, 0.3) is 0 Å². The zero-order valence-corrected chi connectivity index (χ0v) is 10.1. The molecule has 2 atom stereocenters. The lowest BCUT2D eigenvalue weighted by Gasteiger charge is -2.29. The van der Waals surface area contributed by atoms with E-state index in [0.29, 0.717) is 11.2 Å². The maximum atomic E-state index is 9.27. The second kappa shape index (κ2) is 5.38. The summed E-state index contributed by atoms with van der Waals surface area (Å²) in [5.41, 5.74) is 5.89. The molecule has 0 aromatic carbocycles. The molecule has 14 heavy (non-hydrogen) atoms. The average Bonchev–Trinajstić information content (AvgIpc) is 2.48. The number of hydrogen-bond donors (Lipinski definition) is 2. The third-order valence-electron chi connectivity index (χ3n) is 3.22. The minimum atomic E-state index is -0.266. The Hall–Kier alpha value is 0.270. The molecule has 0 heterocycles. The summed E-state index contributed by atoms with van der Waals surface area (Å²) >= 11 is 1.99. The SMILES string of the molecule is CC(C)SCCC1CCCC1(N)CO. The first-order valence-corrected chi connectivity index (χ1v) is 6.65. The van der Waals surface area contributed by atoms with Gasteiger partial charge in [0.15, 0.2) is 0 Å². The Morgan fingerprint density at radius 1 is 1.57 bits per heavy atom. The van der Waals surface area contributed by atoms with Gasteiger partial charge in [0.1, 0.15) is 0 Å². The Balaban J connectivity index is 2.29. The molecule has 0 bridgehead atoms. The van der Waals surface area contributed by atoms with Crippen LogP contribution in [-0.2, 0) is 0 Å². The number of rotatable bonds is 5. The van der Waals surface area contributed by atoms with Crippen molar-refractivity contribution in [2.24, 2.45) is 11.7 Å². The molecule has 0 aliphatic heterocycles. The maximum absolute atomic E-state index is 9.27. The summed E-state index contributed by atoms with van der Waals surface area (Å²) in [7, 11) is 0. The van der Waals surface area contributed by atoms with Crippen LogP contribution in [0, 0.1) is 5.92 Å². The van der Waals surface area contributed by atoms with Crippen LogP contribution in [0.15, 0.2) is 0 Å². The second-order valence-electron chi connectivity index (χ2n) is 4.69. The van der Waals surface area contributed by atoms with Crippen molar-refractivity contribution in [1.29, 1.82) is 0 Å². The molecular formula is C11H23NOS. The van der Waals surface area contributed by atoms with E-state index in [9.17, 15) is 5.11 Å². The number of nitrogens with two attached hydrogens (primary N) is 1. The minimum Gasteiger partial charge on any atom is -0.394 e. The van der Waals surface area contributed by atoms with Gasteiger partial charge in [-0.3, -0.25) is 0 Å². The van der Waals surface area contributed by atoms with Gasteiger partial charge in [-0.1, -0.05) is 20.3 Å². The standard InChI is InChI=1S/C11H23NOS/c1-9(2)14-7-5-10-4-3-6-11(10,12)8-13/h9-10,13H,3-8,12H2,1-2H3. The smallest absolute Gasteiger partial charge is 0.0613 e. The zero-order chi connectivity index (χ0) is 10.6. The molecule has 1 rings (SSSR count). The zero-order valence-electron chi connectivity index (χ0n) is 9.33. The van der Waals surface area contributed by atoms with Crippen molar-refractivity contribution in [2.45, 2.75) is 50.3 Å². The number of aliphatic hydroxyl groups is 1. The number of thioether (sulfide) groups is 1. The van der Waals surface area contributed by atoms with Gasteiger partial charge in [0.2, 0.25) is 0 Å². The van der Waals surface area contributed by atoms with Crippen molar-refractivity contribution in [3.63, 3.8) is 0 Å². The fourth-order valence-electron chi connectivity index (χ4n) is 2.26. The highest BCUT2D eigenvalue weighted by molar-refractivity contribution is 7.99. The van der Waals surface area contributed by atoms with Gasteiger partial charge in [-0.15, -0.1) is 0 Å². The van der Waals surface area contributed by atoms with E-state index in [-0.39, 0.29) is 12.1 Å².